The molecular weight excluding hydrogens is 252 g/mol. The van der Waals surface area contributed by atoms with Crippen LogP contribution in [0.25, 0.3) is 10.9 Å². The van der Waals surface area contributed by atoms with Crippen LogP contribution in [-0.2, 0) is 6.54 Å². The fourth-order valence-electron chi connectivity index (χ4n) is 2.00. The second-order valence-electron chi connectivity index (χ2n) is 4.37. The number of fused-ring (bicyclic) bond motifs is 1. The molecule has 0 saturated heterocycles. The minimum Gasteiger partial charge on any atom is -0.264 e. The van der Waals surface area contributed by atoms with Crippen LogP contribution in [0.15, 0.2) is 22.7 Å². The second kappa shape index (κ2) is 3.34. The molecule has 0 amide bonds. The van der Waals surface area contributed by atoms with Gasteiger partial charge in [-0.1, -0.05) is 15.9 Å². The highest BCUT2D eigenvalue weighted by molar-refractivity contribution is 9.10. The molecule has 0 radical (unpaired) electrons. The predicted molar refractivity (Wildman–Crippen MR) is 64.9 cm³/mol. The van der Waals surface area contributed by atoms with Crippen molar-refractivity contribution in [1.29, 1.82) is 0 Å². The van der Waals surface area contributed by atoms with Crippen molar-refractivity contribution < 1.29 is 0 Å². The van der Waals surface area contributed by atoms with Crippen LogP contribution in [0.5, 0.6) is 0 Å². The molecule has 1 aliphatic rings. The van der Waals surface area contributed by atoms with E-state index in [0.717, 1.165) is 22.6 Å². The summed E-state index contributed by atoms with van der Waals surface area (Å²) in [5, 5.41) is 5.88. The predicted octanol–water partition coefficient (Wildman–Crippen LogP) is 3.52. The zero-order chi connectivity index (χ0) is 10.4. The number of hydrogen-bond donors (Lipinski definition) is 0. The molecule has 1 saturated carbocycles. The molecule has 2 aromatic rings. The SMILES string of the molecule is Cc1nn(CC2CC2)c2ccc(Br)cc12. The molecule has 1 aromatic heterocycles. The van der Waals surface area contributed by atoms with E-state index in [-0.39, 0.29) is 0 Å². The zero-order valence-electron chi connectivity index (χ0n) is 8.70. The van der Waals surface area contributed by atoms with E-state index in [0.29, 0.717) is 0 Å². The van der Waals surface area contributed by atoms with Gasteiger partial charge in [0.15, 0.2) is 0 Å². The highest BCUT2D eigenvalue weighted by atomic mass is 79.9. The number of benzene rings is 1. The molecule has 0 atom stereocenters. The summed E-state index contributed by atoms with van der Waals surface area (Å²) in [5.41, 5.74) is 2.40. The quantitative estimate of drug-likeness (QED) is 0.812. The maximum Gasteiger partial charge on any atom is 0.0686 e. The highest BCUT2D eigenvalue weighted by Gasteiger charge is 2.23. The monoisotopic (exact) mass is 264 g/mol. The molecule has 0 unspecified atom stereocenters. The molecule has 3 heteroatoms. The molecule has 0 spiro atoms. The van der Waals surface area contributed by atoms with Gasteiger partial charge in [0.1, 0.15) is 0 Å². The van der Waals surface area contributed by atoms with E-state index in [9.17, 15) is 0 Å². The van der Waals surface area contributed by atoms with Crippen LogP contribution < -0.4 is 0 Å². The maximum atomic E-state index is 4.61. The van der Waals surface area contributed by atoms with Gasteiger partial charge < -0.3 is 0 Å². The molecule has 1 fully saturated rings. The lowest BCUT2D eigenvalue weighted by atomic mass is 10.2. The van der Waals surface area contributed by atoms with E-state index in [1.54, 1.807) is 0 Å². The number of hydrogen-bond acceptors (Lipinski definition) is 1. The van der Waals surface area contributed by atoms with Crippen LogP contribution in [0.1, 0.15) is 18.5 Å². The van der Waals surface area contributed by atoms with Crippen LogP contribution in [0, 0.1) is 12.8 Å². The van der Waals surface area contributed by atoms with Crippen LogP contribution in [-0.4, -0.2) is 9.78 Å². The lowest BCUT2D eigenvalue weighted by Crippen LogP contribution is -2.01. The average Bonchev–Trinajstić information content (AvgIpc) is 2.95. The Bertz CT molecular complexity index is 512. The molecular formula is C12H13BrN2. The molecule has 3 rings (SSSR count). The van der Waals surface area contributed by atoms with Gasteiger partial charge in [0.2, 0.25) is 0 Å². The van der Waals surface area contributed by atoms with Crippen molar-refractivity contribution in [3.8, 4) is 0 Å². The Hall–Kier alpha value is -0.830. The first-order chi connectivity index (χ1) is 7.24. The van der Waals surface area contributed by atoms with Gasteiger partial charge in [-0.3, -0.25) is 4.68 Å². The van der Waals surface area contributed by atoms with Crippen molar-refractivity contribution in [2.24, 2.45) is 5.92 Å². The van der Waals surface area contributed by atoms with Gasteiger partial charge in [-0.2, -0.15) is 5.10 Å². The van der Waals surface area contributed by atoms with Crippen LogP contribution in [0.4, 0.5) is 0 Å². The lowest BCUT2D eigenvalue weighted by Gasteiger charge is -2.01. The minimum atomic E-state index is 0.871. The van der Waals surface area contributed by atoms with E-state index >= 15 is 0 Å². The lowest BCUT2D eigenvalue weighted by molar-refractivity contribution is 0.576. The fourth-order valence-corrected chi connectivity index (χ4v) is 2.36. The molecule has 0 N–H and O–H groups in total. The van der Waals surface area contributed by atoms with E-state index in [1.165, 1.54) is 23.7 Å². The Balaban J connectivity index is 2.13. The average molecular weight is 265 g/mol. The minimum absolute atomic E-state index is 0.871. The molecule has 1 heterocycles. The maximum absolute atomic E-state index is 4.61. The van der Waals surface area contributed by atoms with Crippen molar-refractivity contribution in [2.45, 2.75) is 26.3 Å². The smallest absolute Gasteiger partial charge is 0.0686 e. The molecule has 0 aliphatic heterocycles. The standard InChI is InChI=1S/C12H13BrN2/c1-8-11-6-10(13)4-5-12(11)15(14-8)7-9-2-3-9/h4-6,9H,2-3,7H2,1H3. The number of rotatable bonds is 2. The first-order valence-electron chi connectivity index (χ1n) is 5.37. The Labute approximate surface area is 97.4 Å². The molecule has 1 aromatic carbocycles. The van der Waals surface area contributed by atoms with E-state index in [4.69, 9.17) is 0 Å². The summed E-state index contributed by atoms with van der Waals surface area (Å²) >= 11 is 3.50. The topological polar surface area (TPSA) is 17.8 Å². The van der Waals surface area contributed by atoms with Gasteiger partial charge >= 0.3 is 0 Å². The molecule has 2 nitrogen and oxygen atoms in total. The van der Waals surface area contributed by atoms with Crippen LogP contribution in [0.3, 0.4) is 0 Å². The number of nitrogens with zero attached hydrogens (tertiary/aromatic N) is 2. The van der Waals surface area contributed by atoms with Crippen molar-refractivity contribution in [2.75, 3.05) is 0 Å². The number of aromatic nitrogens is 2. The van der Waals surface area contributed by atoms with Gasteiger partial charge in [0, 0.05) is 16.4 Å². The Kier molecular flexibility index (Phi) is 2.09. The third-order valence-corrected chi connectivity index (χ3v) is 3.52. The van der Waals surface area contributed by atoms with Crippen molar-refractivity contribution >= 4 is 26.8 Å². The van der Waals surface area contributed by atoms with Gasteiger partial charge in [0.25, 0.3) is 0 Å². The largest absolute Gasteiger partial charge is 0.264 e. The second-order valence-corrected chi connectivity index (χ2v) is 5.29. The van der Waals surface area contributed by atoms with Gasteiger partial charge in [0.05, 0.1) is 11.2 Å². The Morgan fingerprint density at radius 1 is 1.47 bits per heavy atom. The zero-order valence-corrected chi connectivity index (χ0v) is 10.3. The summed E-state index contributed by atoms with van der Waals surface area (Å²) in [7, 11) is 0. The summed E-state index contributed by atoms with van der Waals surface area (Å²) in [4.78, 5) is 0. The third-order valence-electron chi connectivity index (χ3n) is 3.03. The Morgan fingerprint density at radius 2 is 2.27 bits per heavy atom. The molecule has 1 aliphatic carbocycles. The summed E-state index contributed by atoms with van der Waals surface area (Å²) in [6.07, 6.45) is 2.74. The van der Waals surface area contributed by atoms with E-state index in [2.05, 4.69) is 50.8 Å². The molecule has 15 heavy (non-hydrogen) atoms. The Morgan fingerprint density at radius 3 is 3.00 bits per heavy atom. The number of halogens is 1. The normalized spacial score (nSPS) is 16.1. The van der Waals surface area contributed by atoms with Gasteiger partial charge in [-0.25, -0.2) is 0 Å². The highest BCUT2D eigenvalue weighted by Crippen LogP contribution is 2.32. The molecule has 78 valence electrons. The van der Waals surface area contributed by atoms with E-state index in [1.807, 2.05) is 0 Å². The van der Waals surface area contributed by atoms with Crippen LogP contribution >= 0.6 is 15.9 Å². The summed E-state index contributed by atoms with van der Waals surface area (Å²) < 4.78 is 3.29. The van der Waals surface area contributed by atoms with Gasteiger partial charge in [-0.15, -0.1) is 0 Å². The molecule has 0 bridgehead atoms. The van der Waals surface area contributed by atoms with Crippen molar-refractivity contribution in [3.05, 3.63) is 28.4 Å². The summed E-state index contributed by atoms with van der Waals surface area (Å²) in [5.74, 6) is 0.871. The summed E-state index contributed by atoms with van der Waals surface area (Å²) in [6, 6.07) is 6.40. The van der Waals surface area contributed by atoms with Crippen LogP contribution in [0.2, 0.25) is 0 Å². The first-order valence-corrected chi connectivity index (χ1v) is 6.16. The van der Waals surface area contributed by atoms with Crippen molar-refractivity contribution in [3.63, 3.8) is 0 Å². The van der Waals surface area contributed by atoms with Gasteiger partial charge in [-0.05, 0) is 43.9 Å². The fraction of sp³-hybridized carbons (Fsp3) is 0.417. The van der Waals surface area contributed by atoms with Crippen molar-refractivity contribution in [1.82, 2.24) is 9.78 Å². The first kappa shape index (κ1) is 9.40. The summed E-state index contributed by atoms with van der Waals surface area (Å²) in [6.45, 7) is 3.17. The number of aryl methyl sites for hydroxylation is 1. The third kappa shape index (κ3) is 1.69. The van der Waals surface area contributed by atoms with E-state index < -0.39 is 0 Å².